The average molecular weight is 471 g/mol. The highest BCUT2D eigenvalue weighted by molar-refractivity contribution is 5.87. The third-order valence-corrected chi connectivity index (χ3v) is 5.57. The Morgan fingerprint density at radius 2 is 1.29 bits per heavy atom. The van der Waals surface area contributed by atoms with Crippen LogP contribution < -0.4 is 4.74 Å². The highest BCUT2D eigenvalue weighted by Gasteiger charge is 2.23. The summed E-state index contributed by atoms with van der Waals surface area (Å²) in [6.07, 6.45) is 10.8. The molecular formula is C27H34O7. The predicted molar refractivity (Wildman–Crippen MR) is 129 cm³/mol. The van der Waals surface area contributed by atoms with E-state index in [4.69, 9.17) is 18.9 Å². The lowest BCUT2D eigenvalue weighted by molar-refractivity contribution is -0.141. The van der Waals surface area contributed by atoms with Gasteiger partial charge in [-0.3, -0.25) is 0 Å². The zero-order valence-corrected chi connectivity index (χ0v) is 19.6. The van der Waals surface area contributed by atoms with Gasteiger partial charge in [0, 0.05) is 18.2 Å². The highest BCUT2D eigenvalue weighted by atomic mass is 16.5. The van der Waals surface area contributed by atoms with E-state index < -0.39 is 5.97 Å². The lowest BCUT2D eigenvalue weighted by atomic mass is 9.83. The van der Waals surface area contributed by atoms with E-state index >= 15 is 0 Å². The second-order valence-corrected chi connectivity index (χ2v) is 8.18. The smallest absolute Gasteiger partial charge is 0.330 e. The van der Waals surface area contributed by atoms with Crippen LogP contribution in [0.15, 0.2) is 55.7 Å². The van der Waals surface area contributed by atoms with Crippen molar-refractivity contribution in [3.63, 3.8) is 0 Å². The van der Waals surface area contributed by atoms with Crippen molar-refractivity contribution in [2.45, 2.75) is 38.5 Å². The van der Waals surface area contributed by atoms with E-state index in [1.54, 1.807) is 6.08 Å². The first kappa shape index (κ1) is 26.9. The molecule has 0 aliphatic heterocycles. The van der Waals surface area contributed by atoms with Crippen molar-refractivity contribution in [1.82, 2.24) is 0 Å². The van der Waals surface area contributed by atoms with Crippen molar-refractivity contribution in [2.24, 2.45) is 11.8 Å². The number of hydrogen-bond acceptors (Lipinski definition) is 7. The van der Waals surface area contributed by atoms with Gasteiger partial charge >= 0.3 is 17.9 Å². The Morgan fingerprint density at radius 3 is 1.88 bits per heavy atom. The van der Waals surface area contributed by atoms with E-state index in [0.717, 1.165) is 55.9 Å². The van der Waals surface area contributed by atoms with Crippen LogP contribution in [0.5, 0.6) is 5.75 Å². The van der Waals surface area contributed by atoms with Crippen molar-refractivity contribution in [2.75, 3.05) is 26.4 Å². The zero-order chi connectivity index (χ0) is 24.6. The minimum Gasteiger partial charge on any atom is -0.494 e. The Balaban J connectivity index is 1.59. The summed E-state index contributed by atoms with van der Waals surface area (Å²) in [7, 11) is 0. The molecule has 7 nitrogen and oxygen atoms in total. The summed E-state index contributed by atoms with van der Waals surface area (Å²) in [4.78, 5) is 34.1. The molecule has 1 aromatic rings. The molecule has 0 amide bonds. The Kier molecular flexibility index (Phi) is 12.2. The van der Waals surface area contributed by atoms with Gasteiger partial charge in [-0.05, 0) is 74.1 Å². The lowest BCUT2D eigenvalue weighted by Gasteiger charge is -2.27. The molecule has 1 fully saturated rings. The van der Waals surface area contributed by atoms with Gasteiger partial charge < -0.3 is 18.9 Å². The number of carbonyl (C=O) groups excluding carboxylic acids is 3. The van der Waals surface area contributed by atoms with Gasteiger partial charge in [0.1, 0.15) is 5.75 Å². The van der Waals surface area contributed by atoms with Crippen molar-refractivity contribution >= 4 is 24.0 Å². The summed E-state index contributed by atoms with van der Waals surface area (Å²) in [5.41, 5.74) is 0.871. The summed E-state index contributed by atoms with van der Waals surface area (Å²) in [6, 6.07) is 7.41. The lowest BCUT2D eigenvalue weighted by Crippen LogP contribution is -2.23. The minimum atomic E-state index is -0.415. The molecule has 34 heavy (non-hydrogen) atoms. The van der Waals surface area contributed by atoms with Gasteiger partial charge in [0.05, 0.1) is 26.4 Å². The van der Waals surface area contributed by atoms with Gasteiger partial charge in [0.2, 0.25) is 0 Å². The van der Waals surface area contributed by atoms with Crippen LogP contribution in [0.3, 0.4) is 0 Å². The zero-order valence-electron chi connectivity index (χ0n) is 19.6. The Morgan fingerprint density at radius 1 is 0.765 bits per heavy atom. The molecule has 0 saturated heterocycles. The van der Waals surface area contributed by atoms with Crippen molar-refractivity contribution in [3.05, 3.63) is 61.2 Å². The number of rotatable bonds is 14. The second-order valence-electron chi connectivity index (χ2n) is 8.18. The molecule has 0 aromatic heterocycles. The van der Waals surface area contributed by atoms with E-state index in [-0.39, 0.29) is 11.9 Å². The van der Waals surface area contributed by atoms with Crippen LogP contribution in [0.2, 0.25) is 0 Å². The molecule has 1 aliphatic rings. The van der Waals surface area contributed by atoms with Crippen LogP contribution in [0, 0.1) is 11.8 Å². The van der Waals surface area contributed by atoms with Crippen LogP contribution in [0.4, 0.5) is 0 Å². The molecule has 0 radical (unpaired) electrons. The molecule has 0 N–H and O–H groups in total. The van der Waals surface area contributed by atoms with Crippen LogP contribution in [0.25, 0.3) is 6.08 Å². The molecule has 1 saturated carbocycles. The largest absolute Gasteiger partial charge is 0.494 e. The third-order valence-electron chi connectivity index (χ3n) is 5.57. The molecule has 2 rings (SSSR count). The molecule has 7 heteroatoms. The maximum absolute atomic E-state index is 12.1. The average Bonchev–Trinajstić information content (AvgIpc) is 2.87. The summed E-state index contributed by atoms with van der Waals surface area (Å²) in [6.45, 7) is 8.44. The topological polar surface area (TPSA) is 88.1 Å². The summed E-state index contributed by atoms with van der Waals surface area (Å²) < 4.78 is 21.1. The Labute approximate surface area is 201 Å². The van der Waals surface area contributed by atoms with Crippen molar-refractivity contribution < 1.29 is 33.3 Å². The second kappa shape index (κ2) is 15.5. The van der Waals surface area contributed by atoms with Gasteiger partial charge in [0.15, 0.2) is 0 Å². The number of carbonyl (C=O) groups is 3. The number of unbranched alkanes of at least 4 members (excludes halogenated alkanes) is 1. The standard InChI is InChI=1S/C27H34O7/c1-3-25(28)32-18-6-5-17-31-24-14-11-21(12-15-24)13-16-27(30)34-20-23-9-7-22(8-10-23)19-33-26(29)4-2/h3-4,11-16,22-23H,1-2,5-10,17-20H2. The van der Waals surface area contributed by atoms with Crippen molar-refractivity contribution in [1.29, 1.82) is 0 Å². The van der Waals surface area contributed by atoms with E-state index in [2.05, 4.69) is 13.2 Å². The molecule has 1 aliphatic carbocycles. The molecule has 0 spiro atoms. The maximum Gasteiger partial charge on any atom is 0.330 e. The molecule has 0 atom stereocenters. The molecule has 0 heterocycles. The van der Waals surface area contributed by atoms with E-state index in [0.29, 0.717) is 38.3 Å². The molecule has 0 unspecified atom stereocenters. The molecule has 0 bridgehead atoms. The summed E-state index contributed by atoms with van der Waals surface area (Å²) in [5.74, 6) is 0.281. The van der Waals surface area contributed by atoms with Gasteiger partial charge in [-0.25, -0.2) is 14.4 Å². The third kappa shape index (κ3) is 11.0. The first-order chi connectivity index (χ1) is 16.5. The van der Waals surface area contributed by atoms with E-state index in [9.17, 15) is 14.4 Å². The van der Waals surface area contributed by atoms with Gasteiger partial charge in [-0.2, -0.15) is 0 Å². The first-order valence-electron chi connectivity index (χ1n) is 11.7. The molecule has 184 valence electrons. The summed E-state index contributed by atoms with van der Waals surface area (Å²) >= 11 is 0. The fraction of sp³-hybridized carbons (Fsp3) is 0.444. The highest BCUT2D eigenvalue weighted by Crippen LogP contribution is 2.29. The minimum absolute atomic E-state index is 0.342. The Hall–Kier alpha value is -3.35. The van der Waals surface area contributed by atoms with Crippen LogP contribution in [-0.4, -0.2) is 44.3 Å². The van der Waals surface area contributed by atoms with Gasteiger partial charge in [0.25, 0.3) is 0 Å². The number of ether oxygens (including phenoxy) is 4. The van der Waals surface area contributed by atoms with Crippen LogP contribution in [-0.2, 0) is 28.6 Å². The van der Waals surface area contributed by atoms with Crippen molar-refractivity contribution in [3.8, 4) is 5.75 Å². The monoisotopic (exact) mass is 470 g/mol. The fourth-order valence-corrected chi connectivity index (χ4v) is 3.54. The van der Waals surface area contributed by atoms with E-state index in [1.807, 2.05) is 24.3 Å². The Bertz CT molecular complexity index is 833. The normalized spacial score (nSPS) is 17.5. The van der Waals surface area contributed by atoms with Gasteiger partial charge in [-0.15, -0.1) is 0 Å². The number of esters is 3. The van der Waals surface area contributed by atoms with E-state index in [1.165, 1.54) is 12.2 Å². The van der Waals surface area contributed by atoms with Crippen LogP contribution >= 0.6 is 0 Å². The predicted octanol–water partition coefficient (Wildman–Crippen LogP) is 4.67. The SMILES string of the molecule is C=CC(=O)OCCCCOc1ccc(C=CC(=O)OCC2CCC(COC(=O)C=C)CC2)cc1. The van der Waals surface area contributed by atoms with Crippen LogP contribution in [0.1, 0.15) is 44.1 Å². The quantitative estimate of drug-likeness (QED) is 0.169. The summed E-state index contributed by atoms with van der Waals surface area (Å²) in [5, 5.41) is 0. The first-order valence-corrected chi connectivity index (χ1v) is 11.7. The molecule has 1 aromatic carbocycles. The number of hydrogen-bond donors (Lipinski definition) is 0. The molecular weight excluding hydrogens is 436 g/mol. The number of benzene rings is 1. The fourth-order valence-electron chi connectivity index (χ4n) is 3.54. The van der Waals surface area contributed by atoms with Gasteiger partial charge in [-0.1, -0.05) is 25.3 Å². The maximum atomic E-state index is 12.1.